The van der Waals surface area contributed by atoms with Crippen LogP contribution in [-0.4, -0.2) is 99.3 Å². The van der Waals surface area contributed by atoms with E-state index in [4.69, 9.17) is 18.9 Å². The van der Waals surface area contributed by atoms with Crippen molar-refractivity contribution in [1.82, 2.24) is 0 Å². The standard InChI is InChI=1S/C28H50O11/c1-2-3-4-5-6-7-8-9-10-11-12-13-14-15-16-36-18-19(30)25-24(34)26(27(35)38-25)39-28-23(33)22(32)21(31)20(17-29)37-28/h19-23,25,28-34H,2-18H2,1H3/t19-,20-,21-,22+,23-,25-,28-/m1/s1. The van der Waals surface area contributed by atoms with Gasteiger partial charge >= 0.3 is 5.97 Å². The highest BCUT2D eigenvalue weighted by Crippen LogP contribution is 2.29. The van der Waals surface area contributed by atoms with Gasteiger partial charge in [0.1, 0.15) is 30.5 Å². The smallest absolute Gasteiger partial charge is 0.378 e. The molecule has 0 aromatic carbocycles. The fourth-order valence-electron chi connectivity index (χ4n) is 4.80. The molecule has 0 spiro atoms. The molecule has 1 saturated heterocycles. The number of unbranched alkanes of at least 4 members (excludes halogenated alkanes) is 13. The molecule has 11 heteroatoms. The highest BCUT2D eigenvalue weighted by atomic mass is 16.7. The van der Waals surface area contributed by atoms with Crippen molar-refractivity contribution in [2.24, 2.45) is 0 Å². The van der Waals surface area contributed by atoms with Gasteiger partial charge < -0.3 is 49.6 Å². The van der Waals surface area contributed by atoms with Crippen LogP contribution in [0.1, 0.15) is 96.8 Å². The average molecular weight is 563 g/mol. The van der Waals surface area contributed by atoms with Gasteiger partial charge in [-0.1, -0.05) is 90.4 Å². The van der Waals surface area contributed by atoms with Crippen molar-refractivity contribution in [2.75, 3.05) is 19.8 Å². The first-order chi connectivity index (χ1) is 18.8. The van der Waals surface area contributed by atoms with Gasteiger partial charge in [0.15, 0.2) is 11.9 Å². The maximum absolute atomic E-state index is 12.2. The highest BCUT2D eigenvalue weighted by Gasteiger charge is 2.48. The molecule has 0 bridgehead atoms. The van der Waals surface area contributed by atoms with E-state index in [1.54, 1.807) is 0 Å². The minimum Gasteiger partial charge on any atom is -0.505 e. The Bertz CT molecular complexity index is 714. The topological polar surface area (TPSA) is 175 Å². The molecule has 1 fully saturated rings. The number of hydrogen-bond acceptors (Lipinski definition) is 11. The maximum atomic E-state index is 12.2. The van der Waals surface area contributed by atoms with Gasteiger partial charge in [-0.2, -0.15) is 0 Å². The second-order valence-corrected chi connectivity index (χ2v) is 10.6. The number of ether oxygens (including phenoxy) is 4. The number of carbonyl (C=O) groups excluding carboxylic acids is 1. The molecule has 2 heterocycles. The second kappa shape index (κ2) is 18.8. The molecule has 39 heavy (non-hydrogen) atoms. The first-order valence-corrected chi connectivity index (χ1v) is 14.7. The Morgan fingerprint density at radius 1 is 0.821 bits per heavy atom. The number of rotatable bonds is 21. The normalized spacial score (nSPS) is 28.1. The first-order valence-electron chi connectivity index (χ1n) is 14.7. The van der Waals surface area contributed by atoms with E-state index in [0.717, 1.165) is 19.3 Å². The molecule has 0 unspecified atom stereocenters. The Hall–Kier alpha value is -1.47. The van der Waals surface area contributed by atoms with Gasteiger partial charge in [-0.25, -0.2) is 4.79 Å². The zero-order valence-electron chi connectivity index (χ0n) is 23.3. The molecule has 2 aliphatic heterocycles. The molecule has 0 aromatic heterocycles. The number of carbonyl (C=O) groups is 1. The molecule has 0 aliphatic carbocycles. The van der Waals surface area contributed by atoms with E-state index in [0.29, 0.717) is 6.61 Å². The Morgan fingerprint density at radius 2 is 1.36 bits per heavy atom. The second-order valence-electron chi connectivity index (χ2n) is 10.6. The van der Waals surface area contributed by atoms with Crippen LogP contribution < -0.4 is 0 Å². The first kappa shape index (κ1) is 33.7. The molecule has 2 aliphatic rings. The van der Waals surface area contributed by atoms with Crippen molar-refractivity contribution in [1.29, 1.82) is 0 Å². The van der Waals surface area contributed by atoms with E-state index in [2.05, 4.69) is 6.92 Å². The summed E-state index contributed by atoms with van der Waals surface area (Å²) in [4.78, 5) is 12.2. The maximum Gasteiger partial charge on any atom is 0.378 e. The van der Waals surface area contributed by atoms with Gasteiger partial charge in [-0.05, 0) is 6.42 Å². The number of aliphatic hydroxyl groups excluding tert-OH is 6. The lowest BCUT2D eigenvalue weighted by molar-refractivity contribution is -0.291. The van der Waals surface area contributed by atoms with Crippen LogP contribution in [0, 0.1) is 0 Å². The molecule has 0 aromatic rings. The third kappa shape index (κ3) is 11.1. The molecule has 0 saturated carbocycles. The molecular weight excluding hydrogens is 512 g/mol. The number of esters is 1. The number of aliphatic hydroxyl groups is 6. The van der Waals surface area contributed by atoms with Crippen molar-refractivity contribution >= 4 is 5.97 Å². The van der Waals surface area contributed by atoms with Crippen LogP contribution >= 0.6 is 0 Å². The molecular formula is C28H50O11. The van der Waals surface area contributed by atoms with Crippen molar-refractivity contribution in [3.8, 4) is 0 Å². The molecule has 6 N–H and O–H groups in total. The van der Waals surface area contributed by atoms with Crippen molar-refractivity contribution in [2.45, 2.75) is 140 Å². The minimum atomic E-state index is -1.77. The average Bonchev–Trinajstić information content (AvgIpc) is 3.21. The number of hydrogen-bond donors (Lipinski definition) is 6. The Labute approximate surface area is 231 Å². The van der Waals surface area contributed by atoms with E-state index < -0.39 is 67.0 Å². The summed E-state index contributed by atoms with van der Waals surface area (Å²) in [7, 11) is 0. The predicted octanol–water partition coefficient (Wildman–Crippen LogP) is 2.36. The Balaban J connectivity index is 1.57. The van der Waals surface area contributed by atoms with Crippen LogP contribution in [0.5, 0.6) is 0 Å². The summed E-state index contributed by atoms with van der Waals surface area (Å²) in [5.74, 6) is -2.50. The molecule has 228 valence electrons. The summed E-state index contributed by atoms with van der Waals surface area (Å²) in [6.07, 6.45) is 6.72. The van der Waals surface area contributed by atoms with Crippen LogP contribution in [0.15, 0.2) is 11.5 Å². The molecule has 0 radical (unpaired) electrons. The monoisotopic (exact) mass is 562 g/mol. The molecule has 0 amide bonds. The lowest BCUT2D eigenvalue weighted by Gasteiger charge is -2.39. The molecule has 2 rings (SSSR count). The fraction of sp³-hybridized carbons (Fsp3) is 0.893. The largest absolute Gasteiger partial charge is 0.505 e. The SMILES string of the molecule is CCCCCCCCCCCCCCCCOC[C@@H](O)[C@H]1OC(=O)C(O[C@H]2O[C@H](CO)[C@@H](O)[C@H](O)[C@H]2O)=C1O. The lowest BCUT2D eigenvalue weighted by Crippen LogP contribution is -2.59. The van der Waals surface area contributed by atoms with E-state index in [1.165, 1.54) is 70.6 Å². The van der Waals surface area contributed by atoms with E-state index >= 15 is 0 Å². The van der Waals surface area contributed by atoms with Crippen LogP contribution in [-0.2, 0) is 23.7 Å². The zero-order chi connectivity index (χ0) is 28.6. The van der Waals surface area contributed by atoms with Crippen molar-refractivity contribution in [3.05, 3.63) is 11.5 Å². The van der Waals surface area contributed by atoms with Crippen LogP contribution in [0.4, 0.5) is 0 Å². The van der Waals surface area contributed by atoms with Gasteiger partial charge in [-0.3, -0.25) is 0 Å². The molecule has 7 atom stereocenters. The predicted molar refractivity (Wildman–Crippen MR) is 142 cm³/mol. The van der Waals surface area contributed by atoms with Gasteiger partial charge in [0.05, 0.1) is 13.2 Å². The van der Waals surface area contributed by atoms with Gasteiger partial charge in [0.2, 0.25) is 12.0 Å². The third-order valence-corrected chi connectivity index (χ3v) is 7.28. The summed E-state index contributed by atoms with van der Waals surface area (Å²) in [5.41, 5.74) is 0. The Morgan fingerprint density at radius 3 is 1.90 bits per heavy atom. The summed E-state index contributed by atoms with van der Waals surface area (Å²) >= 11 is 0. The van der Waals surface area contributed by atoms with Gasteiger partial charge in [0.25, 0.3) is 0 Å². The van der Waals surface area contributed by atoms with Crippen LogP contribution in [0.3, 0.4) is 0 Å². The Kier molecular flexibility index (Phi) is 16.3. The van der Waals surface area contributed by atoms with E-state index in [-0.39, 0.29) is 6.61 Å². The fourth-order valence-corrected chi connectivity index (χ4v) is 4.80. The summed E-state index contributed by atoms with van der Waals surface area (Å²) in [6.45, 7) is 1.81. The van der Waals surface area contributed by atoms with Gasteiger partial charge in [0, 0.05) is 6.61 Å². The van der Waals surface area contributed by atoms with Crippen molar-refractivity contribution < 1.29 is 54.4 Å². The van der Waals surface area contributed by atoms with Crippen LogP contribution in [0.25, 0.3) is 0 Å². The molecule has 11 nitrogen and oxygen atoms in total. The minimum absolute atomic E-state index is 0.173. The van der Waals surface area contributed by atoms with Crippen molar-refractivity contribution in [3.63, 3.8) is 0 Å². The quantitative estimate of drug-likeness (QED) is 0.0894. The summed E-state index contributed by atoms with van der Waals surface area (Å²) in [5, 5.41) is 59.8. The van der Waals surface area contributed by atoms with E-state index in [1.807, 2.05) is 0 Å². The van der Waals surface area contributed by atoms with E-state index in [9.17, 15) is 35.4 Å². The zero-order valence-corrected chi connectivity index (χ0v) is 23.3. The summed E-state index contributed by atoms with van der Waals surface area (Å²) < 4.78 is 20.9. The lowest BCUT2D eigenvalue weighted by atomic mass is 9.99. The summed E-state index contributed by atoms with van der Waals surface area (Å²) in [6, 6.07) is 0. The number of cyclic esters (lactones) is 1. The third-order valence-electron chi connectivity index (χ3n) is 7.28. The van der Waals surface area contributed by atoms with Gasteiger partial charge in [-0.15, -0.1) is 0 Å². The highest BCUT2D eigenvalue weighted by molar-refractivity contribution is 5.89. The van der Waals surface area contributed by atoms with Crippen LogP contribution in [0.2, 0.25) is 0 Å².